The van der Waals surface area contributed by atoms with Crippen LogP contribution in [0.25, 0.3) is 10.9 Å². The Labute approximate surface area is 114 Å². The standard InChI is InChI=1S/C16H21N3/c1-11-7-8-14-15(18-11)5-4-6-16(14)19-9-12(2)17-13(3)10-19/h4-8,12-13,17H,9-10H2,1-3H3/t12-,13+. The first kappa shape index (κ1) is 12.4. The van der Waals surface area contributed by atoms with Gasteiger partial charge in [-0.2, -0.15) is 0 Å². The number of anilines is 1. The molecule has 3 rings (SSSR count). The third-order valence-corrected chi connectivity index (χ3v) is 3.75. The minimum absolute atomic E-state index is 0.525. The van der Waals surface area contributed by atoms with Crippen molar-refractivity contribution in [2.45, 2.75) is 32.9 Å². The van der Waals surface area contributed by atoms with Crippen LogP contribution in [0.1, 0.15) is 19.5 Å². The van der Waals surface area contributed by atoms with Gasteiger partial charge in [0.2, 0.25) is 0 Å². The van der Waals surface area contributed by atoms with Crippen molar-refractivity contribution in [1.82, 2.24) is 10.3 Å². The summed E-state index contributed by atoms with van der Waals surface area (Å²) in [5.74, 6) is 0. The number of benzene rings is 1. The number of pyridine rings is 1. The van der Waals surface area contributed by atoms with Gasteiger partial charge >= 0.3 is 0 Å². The van der Waals surface area contributed by atoms with Crippen LogP contribution in [0.2, 0.25) is 0 Å². The third-order valence-electron chi connectivity index (χ3n) is 3.75. The van der Waals surface area contributed by atoms with Gasteiger partial charge in [-0.25, -0.2) is 0 Å². The lowest BCUT2D eigenvalue weighted by molar-refractivity contribution is 0.407. The molecule has 1 aliphatic rings. The summed E-state index contributed by atoms with van der Waals surface area (Å²) in [7, 11) is 0. The molecule has 0 spiro atoms. The SMILES string of the molecule is Cc1ccc2c(N3C[C@@H](C)N[C@@H](C)C3)cccc2n1. The van der Waals surface area contributed by atoms with Crippen LogP contribution in [0.3, 0.4) is 0 Å². The van der Waals surface area contributed by atoms with Crippen LogP contribution >= 0.6 is 0 Å². The number of piperazine rings is 1. The molecule has 2 atom stereocenters. The Morgan fingerprint density at radius 2 is 1.84 bits per heavy atom. The lowest BCUT2D eigenvalue weighted by Gasteiger charge is -2.38. The molecule has 19 heavy (non-hydrogen) atoms. The first-order valence-corrected chi connectivity index (χ1v) is 7.01. The van der Waals surface area contributed by atoms with Gasteiger partial charge in [0.1, 0.15) is 0 Å². The second-order valence-electron chi connectivity index (χ2n) is 5.67. The Morgan fingerprint density at radius 1 is 1.11 bits per heavy atom. The fourth-order valence-corrected chi connectivity index (χ4v) is 3.04. The van der Waals surface area contributed by atoms with Gasteiger partial charge < -0.3 is 10.2 Å². The van der Waals surface area contributed by atoms with E-state index < -0.39 is 0 Å². The molecule has 0 unspecified atom stereocenters. The molecule has 0 radical (unpaired) electrons. The monoisotopic (exact) mass is 255 g/mol. The molecule has 0 aliphatic carbocycles. The summed E-state index contributed by atoms with van der Waals surface area (Å²) in [5, 5.41) is 4.84. The van der Waals surface area contributed by atoms with Crippen LogP contribution in [0.4, 0.5) is 5.69 Å². The number of rotatable bonds is 1. The Morgan fingerprint density at radius 3 is 2.58 bits per heavy atom. The largest absolute Gasteiger partial charge is 0.368 e. The quantitative estimate of drug-likeness (QED) is 0.849. The zero-order chi connectivity index (χ0) is 13.4. The van der Waals surface area contributed by atoms with Crippen LogP contribution < -0.4 is 10.2 Å². The van der Waals surface area contributed by atoms with Gasteiger partial charge in [0.15, 0.2) is 0 Å². The molecule has 1 aliphatic heterocycles. The van der Waals surface area contributed by atoms with Crippen molar-refractivity contribution in [3.05, 3.63) is 36.0 Å². The van der Waals surface area contributed by atoms with Crippen molar-refractivity contribution in [1.29, 1.82) is 0 Å². The lowest BCUT2D eigenvalue weighted by atomic mass is 10.1. The maximum Gasteiger partial charge on any atom is 0.0726 e. The number of nitrogens with one attached hydrogen (secondary N) is 1. The van der Waals surface area contributed by atoms with Gasteiger partial charge in [0.05, 0.1) is 5.52 Å². The van der Waals surface area contributed by atoms with Gasteiger partial charge in [0.25, 0.3) is 0 Å². The summed E-state index contributed by atoms with van der Waals surface area (Å²) in [6.07, 6.45) is 0. The number of aromatic nitrogens is 1. The van der Waals surface area contributed by atoms with Gasteiger partial charge in [-0.05, 0) is 45.0 Å². The van der Waals surface area contributed by atoms with Gasteiger partial charge in [0, 0.05) is 41.9 Å². The first-order valence-electron chi connectivity index (χ1n) is 7.01. The van der Waals surface area contributed by atoms with Crippen molar-refractivity contribution in [3.63, 3.8) is 0 Å². The molecule has 0 saturated carbocycles. The van der Waals surface area contributed by atoms with Gasteiger partial charge in [-0.1, -0.05) is 6.07 Å². The molecule has 0 bridgehead atoms. The van der Waals surface area contributed by atoms with Crippen molar-refractivity contribution in [2.75, 3.05) is 18.0 Å². The smallest absolute Gasteiger partial charge is 0.0726 e. The van der Waals surface area contributed by atoms with Crippen LogP contribution in [0.5, 0.6) is 0 Å². The molecule has 2 heterocycles. The second-order valence-corrected chi connectivity index (χ2v) is 5.67. The molecule has 3 nitrogen and oxygen atoms in total. The van der Waals surface area contributed by atoms with Crippen molar-refractivity contribution >= 4 is 16.6 Å². The summed E-state index contributed by atoms with van der Waals surface area (Å²) in [4.78, 5) is 7.10. The van der Waals surface area contributed by atoms with E-state index in [1.54, 1.807) is 0 Å². The van der Waals surface area contributed by atoms with E-state index in [1.165, 1.54) is 11.1 Å². The van der Waals surface area contributed by atoms with Crippen LogP contribution in [-0.2, 0) is 0 Å². The summed E-state index contributed by atoms with van der Waals surface area (Å²) in [6, 6.07) is 11.8. The van der Waals surface area contributed by atoms with E-state index in [0.717, 1.165) is 24.3 Å². The van der Waals surface area contributed by atoms with E-state index in [4.69, 9.17) is 0 Å². The van der Waals surface area contributed by atoms with E-state index in [-0.39, 0.29) is 0 Å². The molecule has 1 aromatic heterocycles. The summed E-state index contributed by atoms with van der Waals surface area (Å²) in [5.41, 5.74) is 3.48. The fraction of sp³-hybridized carbons (Fsp3) is 0.438. The lowest BCUT2D eigenvalue weighted by Crippen LogP contribution is -2.54. The van der Waals surface area contributed by atoms with Crippen LogP contribution in [0, 0.1) is 6.92 Å². The number of hydrogen-bond acceptors (Lipinski definition) is 3. The molecular formula is C16H21N3. The topological polar surface area (TPSA) is 28.2 Å². The van der Waals surface area contributed by atoms with Crippen molar-refractivity contribution < 1.29 is 0 Å². The molecule has 100 valence electrons. The normalized spacial score (nSPS) is 23.8. The zero-order valence-corrected chi connectivity index (χ0v) is 11.9. The Bertz CT molecular complexity index is 584. The van der Waals surface area contributed by atoms with Crippen molar-refractivity contribution in [2.24, 2.45) is 0 Å². The molecule has 1 N–H and O–H groups in total. The Hall–Kier alpha value is -1.61. The van der Waals surface area contributed by atoms with Gasteiger partial charge in [-0.3, -0.25) is 4.98 Å². The predicted octanol–water partition coefficient (Wildman–Crippen LogP) is 2.73. The fourth-order valence-electron chi connectivity index (χ4n) is 3.04. The molecule has 1 saturated heterocycles. The van der Waals surface area contributed by atoms with Gasteiger partial charge in [-0.15, -0.1) is 0 Å². The number of fused-ring (bicyclic) bond motifs is 1. The predicted molar refractivity (Wildman–Crippen MR) is 80.8 cm³/mol. The Kier molecular flexibility index (Phi) is 3.15. The van der Waals surface area contributed by atoms with Crippen LogP contribution in [-0.4, -0.2) is 30.2 Å². The van der Waals surface area contributed by atoms with E-state index in [1.807, 2.05) is 6.92 Å². The molecular weight excluding hydrogens is 234 g/mol. The summed E-state index contributed by atoms with van der Waals surface area (Å²) >= 11 is 0. The molecule has 2 aromatic rings. The Balaban J connectivity index is 2.04. The van der Waals surface area contributed by atoms with Crippen molar-refractivity contribution in [3.8, 4) is 0 Å². The number of aryl methyl sites for hydroxylation is 1. The highest BCUT2D eigenvalue weighted by molar-refractivity contribution is 5.92. The molecule has 1 fully saturated rings. The summed E-state index contributed by atoms with van der Waals surface area (Å²) in [6.45, 7) is 8.64. The highest BCUT2D eigenvalue weighted by Crippen LogP contribution is 2.27. The zero-order valence-electron chi connectivity index (χ0n) is 11.9. The minimum atomic E-state index is 0.525. The minimum Gasteiger partial charge on any atom is -0.368 e. The summed E-state index contributed by atoms with van der Waals surface area (Å²) < 4.78 is 0. The average Bonchev–Trinajstić information content (AvgIpc) is 2.36. The third kappa shape index (κ3) is 2.43. The maximum atomic E-state index is 4.63. The van der Waals surface area contributed by atoms with Crippen LogP contribution in [0.15, 0.2) is 30.3 Å². The molecule has 1 aromatic carbocycles. The van der Waals surface area contributed by atoms with E-state index in [2.05, 4.69) is 59.4 Å². The molecule has 3 heteroatoms. The van der Waals surface area contributed by atoms with E-state index in [0.29, 0.717) is 12.1 Å². The maximum absolute atomic E-state index is 4.63. The average molecular weight is 255 g/mol. The number of nitrogens with zero attached hydrogens (tertiary/aromatic N) is 2. The highest BCUT2D eigenvalue weighted by Gasteiger charge is 2.22. The second kappa shape index (κ2) is 4.82. The first-order chi connectivity index (χ1) is 9.13. The van der Waals surface area contributed by atoms with E-state index >= 15 is 0 Å². The molecule has 0 amide bonds. The number of hydrogen-bond donors (Lipinski definition) is 1. The van der Waals surface area contributed by atoms with E-state index in [9.17, 15) is 0 Å². The highest BCUT2D eigenvalue weighted by atomic mass is 15.2.